The van der Waals surface area contributed by atoms with Gasteiger partial charge in [0.2, 0.25) is 0 Å². The monoisotopic (exact) mass is 260 g/mol. The van der Waals surface area contributed by atoms with Crippen molar-refractivity contribution < 1.29 is 0 Å². The third-order valence-corrected chi connectivity index (χ3v) is 3.94. The topological polar surface area (TPSA) is 24.9 Å². The van der Waals surface area contributed by atoms with Gasteiger partial charge in [0.25, 0.3) is 0 Å². The fraction of sp³-hybridized carbons (Fsp3) is 0.400. The Kier molecular flexibility index (Phi) is 4.90. The van der Waals surface area contributed by atoms with Gasteiger partial charge in [0.15, 0.2) is 0 Å². The van der Waals surface area contributed by atoms with Gasteiger partial charge in [-0.15, -0.1) is 11.3 Å². The molecule has 2 aromatic rings. The van der Waals surface area contributed by atoms with Gasteiger partial charge in [-0.05, 0) is 19.0 Å². The highest BCUT2D eigenvalue weighted by Crippen LogP contribution is 2.22. The molecule has 1 heterocycles. The maximum atomic E-state index is 4.79. The van der Waals surface area contributed by atoms with Crippen LogP contribution >= 0.6 is 11.3 Å². The molecule has 18 heavy (non-hydrogen) atoms. The Labute approximate surface area is 113 Å². The fourth-order valence-electron chi connectivity index (χ4n) is 2.01. The number of hydrogen-bond donors (Lipinski definition) is 1. The summed E-state index contributed by atoms with van der Waals surface area (Å²) in [5, 5.41) is 4.46. The van der Waals surface area contributed by atoms with Crippen molar-refractivity contribution in [1.29, 1.82) is 0 Å². The molecule has 96 valence electrons. The molecule has 0 aliphatic carbocycles. The van der Waals surface area contributed by atoms with Gasteiger partial charge in [-0.3, -0.25) is 0 Å². The molecule has 1 N–H and O–H groups in total. The molecule has 0 saturated heterocycles. The molecular formula is C15H20N2S. The van der Waals surface area contributed by atoms with Crippen molar-refractivity contribution in [2.24, 2.45) is 0 Å². The molecule has 0 bridgehead atoms. The van der Waals surface area contributed by atoms with E-state index in [1.54, 1.807) is 0 Å². The zero-order valence-electron chi connectivity index (χ0n) is 11.1. The van der Waals surface area contributed by atoms with E-state index in [4.69, 9.17) is 4.98 Å². The Hall–Kier alpha value is -1.19. The van der Waals surface area contributed by atoms with Crippen molar-refractivity contribution in [1.82, 2.24) is 10.3 Å². The van der Waals surface area contributed by atoms with E-state index in [0.717, 1.165) is 25.8 Å². The first-order chi connectivity index (χ1) is 8.83. The lowest BCUT2D eigenvalue weighted by Crippen LogP contribution is -2.05. The van der Waals surface area contributed by atoms with Gasteiger partial charge in [0, 0.05) is 17.8 Å². The maximum absolute atomic E-state index is 4.79. The number of aromatic nitrogens is 1. The summed E-state index contributed by atoms with van der Waals surface area (Å²) >= 11 is 1.85. The van der Waals surface area contributed by atoms with Crippen LogP contribution in [-0.2, 0) is 19.4 Å². The predicted octanol–water partition coefficient (Wildman–Crippen LogP) is 3.41. The van der Waals surface area contributed by atoms with Crippen molar-refractivity contribution in [2.75, 3.05) is 7.05 Å². The number of nitrogens with zero attached hydrogens (tertiary/aromatic N) is 1. The molecule has 2 nitrogen and oxygen atoms in total. The molecule has 0 radical (unpaired) electrons. The zero-order valence-corrected chi connectivity index (χ0v) is 11.9. The molecule has 0 aliphatic heterocycles. The quantitative estimate of drug-likeness (QED) is 0.861. The van der Waals surface area contributed by atoms with Crippen molar-refractivity contribution in [2.45, 2.75) is 32.7 Å². The molecule has 0 atom stereocenters. The average molecular weight is 260 g/mol. The van der Waals surface area contributed by atoms with Gasteiger partial charge in [0.05, 0.1) is 10.7 Å². The number of thiazole rings is 1. The number of benzene rings is 1. The molecule has 0 aliphatic rings. The summed E-state index contributed by atoms with van der Waals surface area (Å²) in [5.41, 5.74) is 2.62. The summed E-state index contributed by atoms with van der Waals surface area (Å²) in [4.78, 5) is 6.19. The van der Waals surface area contributed by atoms with E-state index in [1.165, 1.54) is 21.1 Å². The average Bonchev–Trinajstić information content (AvgIpc) is 2.74. The molecule has 0 unspecified atom stereocenters. The van der Waals surface area contributed by atoms with Crippen molar-refractivity contribution in [3.05, 3.63) is 51.5 Å². The Morgan fingerprint density at radius 3 is 2.67 bits per heavy atom. The molecule has 0 spiro atoms. The van der Waals surface area contributed by atoms with Crippen molar-refractivity contribution in [3.63, 3.8) is 0 Å². The fourth-order valence-corrected chi connectivity index (χ4v) is 3.17. The largest absolute Gasteiger partial charge is 0.315 e. The summed E-state index contributed by atoms with van der Waals surface area (Å²) in [6, 6.07) is 10.6. The summed E-state index contributed by atoms with van der Waals surface area (Å²) in [5.74, 6) is 0. The second-order valence-corrected chi connectivity index (χ2v) is 5.59. The van der Waals surface area contributed by atoms with Crippen LogP contribution in [0, 0.1) is 0 Å². The number of nitrogens with one attached hydrogen (secondary N) is 1. The lowest BCUT2D eigenvalue weighted by Gasteiger charge is -1.98. The van der Waals surface area contributed by atoms with E-state index in [1.807, 2.05) is 18.4 Å². The van der Waals surface area contributed by atoms with Crippen LogP contribution in [0.4, 0.5) is 0 Å². The third-order valence-electron chi connectivity index (χ3n) is 2.84. The molecule has 3 heteroatoms. The van der Waals surface area contributed by atoms with Crippen LogP contribution in [0.5, 0.6) is 0 Å². The van der Waals surface area contributed by atoms with Crippen LogP contribution in [-0.4, -0.2) is 12.0 Å². The first-order valence-corrected chi connectivity index (χ1v) is 7.31. The van der Waals surface area contributed by atoms with E-state index < -0.39 is 0 Å². The van der Waals surface area contributed by atoms with Crippen molar-refractivity contribution >= 4 is 11.3 Å². The second kappa shape index (κ2) is 6.66. The standard InChI is InChI=1S/C15H20N2S/c1-3-7-13-14(11-16-2)18-15(17-13)10-12-8-5-4-6-9-12/h4-6,8-9,16H,3,7,10-11H2,1-2H3. The van der Waals surface area contributed by atoms with Crippen LogP contribution in [0.1, 0.15) is 34.5 Å². The van der Waals surface area contributed by atoms with Gasteiger partial charge in [0.1, 0.15) is 0 Å². The Morgan fingerprint density at radius 1 is 1.22 bits per heavy atom. The SMILES string of the molecule is CCCc1nc(Cc2ccccc2)sc1CNC. The number of rotatable bonds is 6. The number of aryl methyl sites for hydroxylation is 1. The molecule has 0 fully saturated rings. The van der Waals surface area contributed by atoms with Gasteiger partial charge >= 0.3 is 0 Å². The van der Waals surface area contributed by atoms with Gasteiger partial charge in [-0.2, -0.15) is 0 Å². The van der Waals surface area contributed by atoms with Crippen LogP contribution in [0.3, 0.4) is 0 Å². The minimum atomic E-state index is 0.932. The number of hydrogen-bond acceptors (Lipinski definition) is 3. The predicted molar refractivity (Wildman–Crippen MR) is 78.1 cm³/mol. The van der Waals surface area contributed by atoms with Crippen LogP contribution in [0.25, 0.3) is 0 Å². The summed E-state index contributed by atoms with van der Waals surface area (Å²) < 4.78 is 0. The summed E-state index contributed by atoms with van der Waals surface area (Å²) in [7, 11) is 1.99. The van der Waals surface area contributed by atoms with Gasteiger partial charge < -0.3 is 5.32 Å². The van der Waals surface area contributed by atoms with Crippen LogP contribution in [0.15, 0.2) is 30.3 Å². The Balaban J connectivity index is 2.15. The lowest BCUT2D eigenvalue weighted by molar-refractivity contribution is 0.796. The van der Waals surface area contributed by atoms with E-state index in [-0.39, 0.29) is 0 Å². The summed E-state index contributed by atoms with van der Waals surface area (Å²) in [6.45, 7) is 3.14. The Bertz CT molecular complexity index is 453. The van der Waals surface area contributed by atoms with E-state index in [9.17, 15) is 0 Å². The van der Waals surface area contributed by atoms with E-state index in [2.05, 4.69) is 42.6 Å². The third kappa shape index (κ3) is 3.40. The first-order valence-electron chi connectivity index (χ1n) is 6.49. The molecule has 1 aromatic carbocycles. The molecule has 2 rings (SSSR count). The second-order valence-electron chi connectivity index (χ2n) is 4.42. The zero-order chi connectivity index (χ0) is 12.8. The highest BCUT2D eigenvalue weighted by atomic mass is 32.1. The highest BCUT2D eigenvalue weighted by molar-refractivity contribution is 7.11. The van der Waals surface area contributed by atoms with Crippen molar-refractivity contribution in [3.8, 4) is 0 Å². The van der Waals surface area contributed by atoms with Crippen LogP contribution < -0.4 is 5.32 Å². The minimum absolute atomic E-state index is 0.932. The molecule has 0 amide bonds. The highest BCUT2D eigenvalue weighted by Gasteiger charge is 2.10. The smallest absolute Gasteiger partial charge is 0.0975 e. The van der Waals surface area contributed by atoms with Crippen LogP contribution in [0.2, 0.25) is 0 Å². The first kappa shape index (κ1) is 13.2. The summed E-state index contributed by atoms with van der Waals surface area (Å²) in [6.07, 6.45) is 3.19. The van der Waals surface area contributed by atoms with Gasteiger partial charge in [-0.1, -0.05) is 43.7 Å². The van der Waals surface area contributed by atoms with Gasteiger partial charge in [-0.25, -0.2) is 4.98 Å². The molecular weight excluding hydrogens is 240 g/mol. The minimum Gasteiger partial charge on any atom is -0.315 e. The Morgan fingerprint density at radius 2 is 2.00 bits per heavy atom. The maximum Gasteiger partial charge on any atom is 0.0975 e. The molecule has 0 saturated carbocycles. The van der Waals surface area contributed by atoms with E-state index in [0.29, 0.717) is 0 Å². The normalized spacial score (nSPS) is 10.8. The van der Waals surface area contributed by atoms with E-state index >= 15 is 0 Å². The lowest BCUT2D eigenvalue weighted by atomic mass is 10.2. The molecule has 1 aromatic heterocycles.